The SMILES string of the molecule is CCCN(C1CCNCC1)S(=O)(=O)c1ccc(F)c(Br)c1. The number of nitrogens with one attached hydrogen (secondary N) is 1. The number of sulfonamides is 1. The number of hydrogen-bond acceptors (Lipinski definition) is 3. The van der Waals surface area contributed by atoms with Crippen LogP contribution in [0.2, 0.25) is 0 Å². The van der Waals surface area contributed by atoms with Crippen LogP contribution in [-0.2, 0) is 10.0 Å². The summed E-state index contributed by atoms with van der Waals surface area (Å²) in [6, 6.07) is 3.87. The quantitative estimate of drug-likeness (QED) is 0.856. The van der Waals surface area contributed by atoms with Crippen LogP contribution in [0.25, 0.3) is 0 Å². The van der Waals surface area contributed by atoms with E-state index in [-0.39, 0.29) is 15.4 Å². The van der Waals surface area contributed by atoms with E-state index in [0.29, 0.717) is 6.54 Å². The molecule has 21 heavy (non-hydrogen) atoms. The lowest BCUT2D eigenvalue weighted by atomic mass is 10.1. The van der Waals surface area contributed by atoms with Crippen LogP contribution in [0, 0.1) is 5.82 Å². The molecule has 0 spiro atoms. The first kappa shape index (κ1) is 16.9. The first-order chi connectivity index (χ1) is 9.96. The summed E-state index contributed by atoms with van der Waals surface area (Å²) < 4.78 is 40.8. The molecule has 1 fully saturated rings. The predicted molar refractivity (Wildman–Crippen MR) is 84.2 cm³/mol. The summed E-state index contributed by atoms with van der Waals surface area (Å²) in [6.45, 7) is 4.10. The number of piperidine rings is 1. The molecule has 0 unspecified atom stereocenters. The lowest BCUT2D eigenvalue weighted by molar-refractivity contribution is 0.262. The first-order valence-electron chi connectivity index (χ1n) is 7.14. The second-order valence-electron chi connectivity index (χ2n) is 5.17. The molecule has 1 N–H and O–H groups in total. The molecule has 1 aromatic carbocycles. The molecule has 1 saturated heterocycles. The standard InChI is InChI=1S/C14H20BrFN2O2S/c1-2-9-18(11-5-7-17-8-6-11)21(19,20)12-3-4-14(16)13(15)10-12/h3-4,10-11,17H,2,5-9H2,1H3. The Hall–Kier alpha value is -0.500. The van der Waals surface area contributed by atoms with Gasteiger partial charge in [-0.15, -0.1) is 0 Å². The van der Waals surface area contributed by atoms with Crippen molar-refractivity contribution in [3.05, 3.63) is 28.5 Å². The highest BCUT2D eigenvalue weighted by Gasteiger charge is 2.31. The van der Waals surface area contributed by atoms with Crippen molar-refractivity contribution in [3.63, 3.8) is 0 Å². The van der Waals surface area contributed by atoms with Crippen LogP contribution in [-0.4, -0.2) is 38.4 Å². The van der Waals surface area contributed by atoms with Gasteiger partial charge in [0.15, 0.2) is 0 Å². The Morgan fingerprint density at radius 2 is 2.05 bits per heavy atom. The van der Waals surface area contributed by atoms with Gasteiger partial charge in [0.1, 0.15) is 5.82 Å². The molecule has 0 amide bonds. The van der Waals surface area contributed by atoms with Gasteiger partial charge in [-0.3, -0.25) is 0 Å². The highest BCUT2D eigenvalue weighted by Crippen LogP contribution is 2.26. The second-order valence-corrected chi connectivity index (χ2v) is 7.92. The first-order valence-corrected chi connectivity index (χ1v) is 9.37. The fraction of sp³-hybridized carbons (Fsp3) is 0.571. The molecule has 7 heteroatoms. The summed E-state index contributed by atoms with van der Waals surface area (Å²) >= 11 is 3.05. The Balaban J connectivity index is 2.34. The molecule has 0 aromatic heterocycles. The van der Waals surface area contributed by atoms with Gasteiger partial charge in [0.05, 0.1) is 9.37 Å². The van der Waals surface area contributed by atoms with E-state index in [1.54, 1.807) is 4.31 Å². The molecule has 2 rings (SSSR count). The van der Waals surface area contributed by atoms with Crippen molar-refractivity contribution in [2.24, 2.45) is 0 Å². The molecule has 0 atom stereocenters. The lowest BCUT2D eigenvalue weighted by Gasteiger charge is -2.33. The highest BCUT2D eigenvalue weighted by molar-refractivity contribution is 9.10. The zero-order valence-electron chi connectivity index (χ0n) is 12.0. The zero-order chi connectivity index (χ0) is 15.5. The van der Waals surface area contributed by atoms with Gasteiger partial charge in [0.2, 0.25) is 10.0 Å². The third-order valence-electron chi connectivity index (χ3n) is 3.66. The van der Waals surface area contributed by atoms with Crippen molar-refractivity contribution in [1.29, 1.82) is 0 Å². The minimum Gasteiger partial charge on any atom is -0.317 e. The molecule has 1 aromatic rings. The fourth-order valence-electron chi connectivity index (χ4n) is 2.59. The van der Waals surface area contributed by atoms with Crippen LogP contribution in [0.15, 0.2) is 27.6 Å². The summed E-state index contributed by atoms with van der Waals surface area (Å²) in [7, 11) is -3.59. The van der Waals surface area contributed by atoms with Crippen LogP contribution in [0.4, 0.5) is 4.39 Å². The summed E-state index contributed by atoms with van der Waals surface area (Å²) in [5.41, 5.74) is 0. The molecule has 0 radical (unpaired) electrons. The summed E-state index contributed by atoms with van der Waals surface area (Å²) in [6.07, 6.45) is 2.37. The lowest BCUT2D eigenvalue weighted by Crippen LogP contribution is -2.46. The maximum absolute atomic E-state index is 13.3. The largest absolute Gasteiger partial charge is 0.317 e. The highest BCUT2D eigenvalue weighted by atomic mass is 79.9. The van der Waals surface area contributed by atoms with Gasteiger partial charge in [-0.25, -0.2) is 12.8 Å². The number of halogens is 2. The van der Waals surface area contributed by atoms with Crippen molar-refractivity contribution >= 4 is 26.0 Å². The maximum Gasteiger partial charge on any atom is 0.243 e. The Morgan fingerprint density at radius 1 is 1.38 bits per heavy atom. The summed E-state index contributed by atoms with van der Waals surface area (Å²) in [5, 5.41) is 3.24. The summed E-state index contributed by atoms with van der Waals surface area (Å²) in [4.78, 5) is 0.141. The van der Waals surface area contributed by atoms with Crippen LogP contribution in [0.5, 0.6) is 0 Å². The van der Waals surface area contributed by atoms with E-state index in [1.807, 2.05) is 6.92 Å². The third-order valence-corrected chi connectivity index (χ3v) is 6.21. The molecule has 1 aliphatic rings. The van der Waals surface area contributed by atoms with E-state index < -0.39 is 15.8 Å². The summed E-state index contributed by atoms with van der Waals surface area (Å²) in [5.74, 6) is -0.460. The molecule has 1 aliphatic heterocycles. The third kappa shape index (κ3) is 3.83. The van der Waals surface area contributed by atoms with Gasteiger partial charge in [0.25, 0.3) is 0 Å². The normalized spacial score (nSPS) is 17.3. The minimum absolute atomic E-state index is 0.0139. The van der Waals surface area contributed by atoms with E-state index in [4.69, 9.17) is 0 Å². The molecule has 0 bridgehead atoms. The molecular weight excluding hydrogens is 359 g/mol. The van der Waals surface area contributed by atoms with Gasteiger partial charge >= 0.3 is 0 Å². The van der Waals surface area contributed by atoms with E-state index in [1.165, 1.54) is 18.2 Å². The van der Waals surface area contributed by atoms with Gasteiger partial charge in [-0.2, -0.15) is 4.31 Å². The molecule has 1 heterocycles. The molecular formula is C14H20BrFN2O2S. The Morgan fingerprint density at radius 3 is 2.62 bits per heavy atom. The fourth-order valence-corrected chi connectivity index (χ4v) is 4.92. The number of nitrogens with zero attached hydrogens (tertiary/aromatic N) is 1. The second kappa shape index (κ2) is 7.17. The number of hydrogen-bond donors (Lipinski definition) is 1. The minimum atomic E-state index is -3.59. The van der Waals surface area contributed by atoms with Crippen LogP contribution in [0.1, 0.15) is 26.2 Å². The Labute approximate surface area is 133 Å². The number of benzene rings is 1. The maximum atomic E-state index is 13.3. The number of rotatable bonds is 5. The van der Waals surface area contributed by atoms with Gasteiger partial charge in [0, 0.05) is 12.6 Å². The van der Waals surface area contributed by atoms with Crippen molar-refractivity contribution in [3.8, 4) is 0 Å². The van der Waals surface area contributed by atoms with Crippen molar-refractivity contribution in [2.75, 3.05) is 19.6 Å². The Bertz CT molecular complexity index is 589. The predicted octanol–water partition coefficient (Wildman–Crippen LogP) is 2.74. The topological polar surface area (TPSA) is 49.4 Å². The molecule has 118 valence electrons. The van der Waals surface area contributed by atoms with E-state index in [0.717, 1.165) is 32.4 Å². The van der Waals surface area contributed by atoms with Crippen LogP contribution < -0.4 is 5.32 Å². The van der Waals surface area contributed by atoms with Crippen molar-refractivity contribution in [1.82, 2.24) is 9.62 Å². The van der Waals surface area contributed by atoms with Crippen molar-refractivity contribution in [2.45, 2.75) is 37.1 Å². The zero-order valence-corrected chi connectivity index (χ0v) is 14.4. The average molecular weight is 379 g/mol. The average Bonchev–Trinajstić information content (AvgIpc) is 2.48. The van der Waals surface area contributed by atoms with Crippen LogP contribution in [0.3, 0.4) is 0 Å². The van der Waals surface area contributed by atoms with Gasteiger partial charge in [-0.1, -0.05) is 6.92 Å². The smallest absolute Gasteiger partial charge is 0.243 e. The van der Waals surface area contributed by atoms with Gasteiger partial charge < -0.3 is 5.32 Å². The van der Waals surface area contributed by atoms with Crippen molar-refractivity contribution < 1.29 is 12.8 Å². The Kier molecular flexibility index (Phi) is 5.76. The van der Waals surface area contributed by atoms with E-state index in [2.05, 4.69) is 21.2 Å². The monoisotopic (exact) mass is 378 g/mol. The van der Waals surface area contributed by atoms with E-state index >= 15 is 0 Å². The van der Waals surface area contributed by atoms with Crippen LogP contribution >= 0.6 is 15.9 Å². The molecule has 4 nitrogen and oxygen atoms in total. The van der Waals surface area contributed by atoms with Gasteiger partial charge in [-0.05, 0) is 66.5 Å². The molecule has 0 saturated carbocycles. The molecule has 0 aliphatic carbocycles. The van der Waals surface area contributed by atoms with E-state index in [9.17, 15) is 12.8 Å².